The van der Waals surface area contributed by atoms with Crippen LogP contribution in [-0.2, 0) is 17.9 Å². The first-order chi connectivity index (χ1) is 16.2. The number of pyridine rings is 1. The molecule has 2 N–H and O–H groups in total. The standard InChI is InChI=1S/C26H27FN2O5/c1-5-33-26(32)28-14-21-11-22(27)9-8-20(21)15-34-23-10-17(3)29(25(31)13-23)24-12-19(18(4)30)7-6-16(24)2/h6-13,30H,4-5,14-15H2,1-3H3,(H,28,32). The molecule has 0 saturated carbocycles. The van der Waals surface area contributed by atoms with Gasteiger partial charge >= 0.3 is 6.09 Å². The number of aliphatic hydroxyl groups is 1. The summed E-state index contributed by atoms with van der Waals surface area (Å²) >= 11 is 0. The zero-order valence-electron chi connectivity index (χ0n) is 19.4. The van der Waals surface area contributed by atoms with E-state index in [0.29, 0.717) is 33.8 Å². The largest absolute Gasteiger partial charge is 0.508 e. The van der Waals surface area contributed by atoms with Gasteiger partial charge in [0.05, 0.1) is 12.3 Å². The van der Waals surface area contributed by atoms with E-state index in [-0.39, 0.29) is 31.1 Å². The molecule has 2 aromatic carbocycles. The van der Waals surface area contributed by atoms with Gasteiger partial charge in [-0.3, -0.25) is 9.36 Å². The van der Waals surface area contributed by atoms with Crippen LogP contribution in [0.4, 0.5) is 9.18 Å². The van der Waals surface area contributed by atoms with Crippen LogP contribution in [-0.4, -0.2) is 22.4 Å². The average molecular weight is 467 g/mol. The smallest absolute Gasteiger partial charge is 0.407 e. The highest BCUT2D eigenvalue weighted by molar-refractivity contribution is 5.67. The Morgan fingerprint density at radius 1 is 1.12 bits per heavy atom. The summed E-state index contributed by atoms with van der Waals surface area (Å²) in [5, 5.41) is 12.3. The second kappa shape index (κ2) is 10.7. The Bertz CT molecular complexity index is 1280. The number of carbonyl (C=O) groups excluding carboxylic acids is 1. The van der Waals surface area contributed by atoms with Gasteiger partial charge in [0, 0.05) is 29.9 Å². The van der Waals surface area contributed by atoms with Crippen LogP contribution < -0.4 is 15.6 Å². The van der Waals surface area contributed by atoms with Crippen molar-refractivity contribution in [3.63, 3.8) is 0 Å². The van der Waals surface area contributed by atoms with Crippen LogP contribution >= 0.6 is 0 Å². The number of aryl methyl sites for hydroxylation is 2. The molecule has 0 atom stereocenters. The first kappa shape index (κ1) is 24.6. The number of rotatable bonds is 8. The summed E-state index contributed by atoms with van der Waals surface area (Å²) in [5.41, 5.74) is 3.53. The average Bonchev–Trinajstić information content (AvgIpc) is 2.78. The number of hydrogen-bond acceptors (Lipinski definition) is 5. The van der Waals surface area contributed by atoms with Crippen molar-refractivity contribution in [2.24, 2.45) is 0 Å². The molecule has 0 bridgehead atoms. The monoisotopic (exact) mass is 466 g/mol. The maximum atomic E-state index is 13.8. The lowest BCUT2D eigenvalue weighted by Gasteiger charge is -2.16. The SMILES string of the molecule is C=C(O)c1ccc(C)c(-n2c(C)cc(OCc3ccc(F)cc3CNC(=O)OCC)cc2=O)c1. The van der Waals surface area contributed by atoms with Gasteiger partial charge in [0.1, 0.15) is 23.9 Å². The van der Waals surface area contributed by atoms with Gasteiger partial charge in [-0.05, 0) is 55.7 Å². The maximum Gasteiger partial charge on any atom is 0.407 e. The van der Waals surface area contributed by atoms with E-state index in [4.69, 9.17) is 9.47 Å². The molecule has 3 rings (SSSR count). The molecular formula is C26H27FN2O5. The van der Waals surface area contributed by atoms with E-state index in [9.17, 15) is 19.1 Å². The number of carbonyl (C=O) groups is 1. The molecule has 0 aliphatic heterocycles. The Labute approximate surface area is 197 Å². The van der Waals surface area contributed by atoms with E-state index in [1.807, 2.05) is 13.0 Å². The number of ether oxygens (including phenoxy) is 2. The third-order valence-corrected chi connectivity index (χ3v) is 5.23. The molecule has 0 saturated heterocycles. The number of aliphatic hydroxyl groups excluding tert-OH is 1. The van der Waals surface area contributed by atoms with Crippen molar-refractivity contribution in [3.05, 3.63) is 99.2 Å². The summed E-state index contributed by atoms with van der Waals surface area (Å²) in [5.74, 6) is -0.168. The molecule has 0 aliphatic carbocycles. The van der Waals surface area contributed by atoms with Gasteiger partial charge in [-0.1, -0.05) is 24.8 Å². The summed E-state index contributed by atoms with van der Waals surface area (Å²) in [4.78, 5) is 24.5. The second-order valence-corrected chi connectivity index (χ2v) is 7.73. The fraction of sp³-hybridized carbons (Fsp3) is 0.231. The maximum absolute atomic E-state index is 13.8. The van der Waals surface area contributed by atoms with Crippen molar-refractivity contribution in [2.75, 3.05) is 6.61 Å². The van der Waals surface area contributed by atoms with Crippen LogP contribution in [0.1, 0.15) is 34.9 Å². The number of nitrogens with one attached hydrogen (secondary N) is 1. The molecule has 0 aliphatic rings. The lowest BCUT2D eigenvalue weighted by Crippen LogP contribution is -2.24. The Morgan fingerprint density at radius 3 is 2.56 bits per heavy atom. The predicted octanol–water partition coefficient (Wildman–Crippen LogP) is 4.95. The number of benzene rings is 2. The first-order valence-corrected chi connectivity index (χ1v) is 10.7. The second-order valence-electron chi connectivity index (χ2n) is 7.73. The minimum atomic E-state index is -0.595. The number of hydrogen-bond donors (Lipinski definition) is 2. The van der Waals surface area contributed by atoms with E-state index in [0.717, 1.165) is 5.56 Å². The van der Waals surface area contributed by atoms with Crippen LogP contribution in [0, 0.1) is 19.7 Å². The topological polar surface area (TPSA) is 89.8 Å². The number of nitrogens with zero attached hydrogens (tertiary/aromatic N) is 1. The minimum Gasteiger partial charge on any atom is -0.508 e. The lowest BCUT2D eigenvalue weighted by molar-refractivity contribution is 0.151. The third-order valence-electron chi connectivity index (χ3n) is 5.23. The molecule has 0 fully saturated rings. The number of alkyl carbamates (subject to hydrolysis) is 1. The Balaban J connectivity index is 1.83. The molecule has 3 aromatic rings. The van der Waals surface area contributed by atoms with Crippen molar-refractivity contribution >= 4 is 11.9 Å². The Morgan fingerprint density at radius 2 is 1.88 bits per heavy atom. The summed E-state index contributed by atoms with van der Waals surface area (Å²) in [6.45, 7) is 9.26. The molecule has 0 unspecified atom stereocenters. The molecule has 1 amide bonds. The van der Waals surface area contributed by atoms with E-state index in [2.05, 4.69) is 11.9 Å². The minimum absolute atomic E-state index is 0.0711. The Kier molecular flexibility index (Phi) is 7.73. The van der Waals surface area contributed by atoms with Gasteiger partial charge in [-0.25, -0.2) is 9.18 Å². The summed E-state index contributed by atoms with van der Waals surface area (Å²) < 4.78 is 26.0. The molecule has 0 spiro atoms. The van der Waals surface area contributed by atoms with Gasteiger partial charge in [0.25, 0.3) is 5.56 Å². The van der Waals surface area contributed by atoms with Crippen LogP contribution in [0.15, 0.2) is 59.9 Å². The van der Waals surface area contributed by atoms with Crippen LogP contribution in [0.2, 0.25) is 0 Å². The summed E-state index contributed by atoms with van der Waals surface area (Å²) in [7, 11) is 0. The van der Waals surface area contributed by atoms with Gasteiger partial charge in [-0.2, -0.15) is 0 Å². The number of aromatic nitrogens is 1. The number of halogens is 1. The van der Waals surface area contributed by atoms with E-state index in [1.54, 1.807) is 38.1 Å². The van der Waals surface area contributed by atoms with Crippen LogP contribution in [0.5, 0.6) is 5.75 Å². The highest BCUT2D eigenvalue weighted by atomic mass is 19.1. The highest BCUT2D eigenvalue weighted by Crippen LogP contribution is 2.22. The van der Waals surface area contributed by atoms with Crippen molar-refractivity contribution < 1.29 is 23.8 Å². The predicted molar refractivity (Wildman–Crippen MR) is 128 cm³/mol. The van der Waals surface area contributed by atoms with Gasteiger partial charge in [0.2, 0.25) is 0 Å². The van der Waals surface area contributed by atoms with Crippen molar-refractivity contribution in [1.29, 1.82) is 0 Å². The Hall–Kier alpha value is -4.07. The van der Waals surface area contributed by atoms with Crippen molar-refractivity contribution in [3.8, 4) is 11.4 Å². The molecular weight excluding hydrogens is 439 g/mol. The first-order valence-electron chi connectivity index (χ1n) is 10.7. The zero-order valence-corrected chi connectivity index (χ0v) is 19.4. The van der Waals surface area contributed by atoms with E-state index >= 15 is 0 Å². The molecule has 0 radical (unpaired) electrons. The third kappa shape index (κ3) is 5.83. The number of amides is 1. The van der Waals surface area contributed by atoms with E-state index in [1.165, 1.54) is 22.8 Å². The van der Waals surface area contributed by atoms with E-state index < -0.39 is 11.9 Å². The van der Waals surface area contributed by atoms with Gasteiger partial charge in [-0.15, -0.1) is 0 Å². The summed E-state index contributed by atoms with van der Waals surface area (Å²) in [6, 6.07) is 12.5. The highest BCUT2D eigenvalue weighted by Gasteiger charge is 2.12. The van der Waals surface area contributed by atoms with Crippen molar-refractivity contribution in [2.45, 2.75) is 33.9 Å². The summed E-state index contributed by atoms with van der Waals surface area (Å²) in [6.07, 6.45) is -0.595. The normalized spacial score (nSPS) is 10.6. The molecule has 7 nitrogen and oxygen atoms in total. The molecule has 8 heteroatoms. The molecule has 1 heterocycles. The van der Waals surface area contributed by atoms with Crippen molar-refractivity contribution in [1.82, 2.24) is 9.88 Å². The van der Waals surface area contributed by atoms with Gasteiger partial charge < -0.3 is 19.9 Å². The quantitative estimate of drug-likeness (QED) is 0.459. The van der Waals surface area contributed by atoms with Crippen LogP contribution in [0.3, 0.4) is 0 Å². The fourth-order valence-corrected chi connectivity index (χ4v) is 3.50. The van der Waals surface area contributed by atoms with Crippen LogP contribution in [0.25, 0.3) is 11.4 Å². The molecule has 34 heavy (non-hydrogen) atoms. The molecule has 178 valence electrons. The molecule has 1 aromatic heterocycles. The van der Waals surface area contributed by atoms with Gasteiger partial charge in [0.15, 0.2) is 0 Å². The fourth-order valence-electron chi connectivity index (χ4n) is 3.50. The lowest BCUT2D eigenvalue weighted by atomic mass is 10.1. The zero-order chi connectivity index (χ0) is 24.8.